The molecule has 4 nitrogen and oxygen atoms in total. The molecule has 102 valence electrons. The molecule has 0 heterocycles. The highest BCUT2D eigenvalue weighted by Crippen LogP contribution is 2.16. The van der Waals surface area contributed by atoms with Gasteiger partial charge >= 0.3 is 0 Å². The summed E-state index contributed by atoms with van der Waals surface area (Å²) in [7, 11) is 1.67. The fourth-order valence-corrected chi connectivity index (χ4v) is 1.83. The molecule has 4 heteroatoms. The monoisotopic (exact) mass is 252 g/mol. The van der Waals surface area contributed by atoms with E-state index < -0.39 is 0 Å². The maximum atomic E-state index is 8.85. The van der Waals surface area contributed by atoms with E-state index in [1.807, 2.05) is 12.1 Å². The molecule has 0 spiro atoms. The molecule has 0 saturated heterocycles. The van der Waals surface area contributed by atoms with E-state index in [2.05, 4.69) is 24.4 Å². The molecule has 0 bridgehead atoms. The first-order valence-electron chi connectivity index (χ1n) is 6.32. The molecule has 0 radical (unpaired) electrons. The predicted octanol–water partition coefficient (Wildman–Crippen LogP) is 0.927. The number of nitrogens with two attached hydrogens (primary N) is 1. The highest BCUT2D eigenvalue weighted by Gasteiger charge is 2.20. The van der Waals surface area contributed by atoms with Crippen LogP contribution in [0.4, 0.5) is 0 Å². The number of hydrogen-bond acceptors (Lipinski definition) is 4. The lowest BCUT2D eigenvalue weighted by atomic mass is 9.93. The minimum absolute atomic E-state index is 0.122. The first kappa shape index (κ1) is 15.0. The third-order valence-electron chi connectivity index (χ3n) is 3.24. The third kappa shape index (κ3) is 4.64. The van der Waals surface area contributed by atoms with Crippen molar-refractivity contribution >= 4 is 0 Å². The molecule has 4 N–H and O–H groups in total. The number of aliphatic hydroxyl groups is 1. The van der Waals surface area contributed by atoms with Crippen LogP contribution in [-0.4, -0.2) is 37.5 Å². The predicted molar refractivity (Wildman–Crippen MR) is 73.9 cm³/mol. The first-order valence-corrected chi connectivity index (χ1v) is 6.32. The molecule has 1 unspecified atom stereocenters. The Balaban J connectivity index is 2.50. The second kappa shape index (κ2) is 7.36. The normalized spacial score (nSPS) is 14.2. The fraction of sp³-hybridized carbons (Fsp3) is 0.571. The summed E-state index contributed by atoms with van der Waals surface area (Å²) >= 11 is 0. The Morgan fingerprint density at radius 1 is 1.33 bits per heavy atom. The van der Waals surface area contributed by atoms with Gasteiger partial charge in [-0.15, -0.1) is 0 Å². The number of aryl methyl sites for hydroxylation is 1. The summed E-state index contributed by atoms with van der Waals surface area (Å²) in [5.41, 5.74) is 6.94. The molecule has 0 aromatic heterocycles. The lowest BCUT2D eigenvalue weighted by Crippen LogP contribution is -2.49. The number of hydrogen-bond donors (Lipinski definition) is 3. The van der Waals surface area contributed by atoms with Crippen molar-refractivity contribution in [2.45, 2.75) is 25.3 Å². The molecule has 0 aliphatic heterocycles. The summed E-state index contributed by atoms with van der Waals surface area (Å²) in [5.74, 6) is 0.874. The van der Waals surface area contributed by atoms with Crippen molar-refractivity contribution in [2.24, 2.45) is 5.73 Å². The van der Waals surface area contributed by atoms with Crippen LogP contribution in [0.25, 0.3) is 0 Å². The van der Waals surface area contributed by atoms with Gasteiger partial charge in [0.2, 0.25) is 0 Å². The van der Waals surface area contributed by atoms with Gasteiger partial charge in [-0.05, 0) is 37.5 Å². The van der Waals surface area contributed by atoms with Crippen molar-refractivity contribution < 1.29 is 9.84 Å². The van der Waals surface area contributed by atoms with E-state index in [1.54, 1.807) is 7.11 Å². The molecule has 0 saturated carbocycles. The van der Waals surface area contributed by atoms with Crippen LogP contribution in [0.3, 0.4) is 0 Å². The number of ether oxygens (including phenoxy) is 1. The van der Waals surface area contributed by atoms with Crippen LogP contribution in [0.1, 0.15) is 18.9 Å². The summed E-state index contributed by atoms with van der Waals surface area (Å²) in [6.45, 7) is 3.36. The Labute approximate surface area is 109 Å². The number of β-amino-alcohol motifs (C(OH)–C–C–N with tert-alkyl or cyclic N) is 1. The van der Waals surface area contributed by atoms with E-state index in [9.17, 15) is 0 Å². The molecular weight excluding hydrogens is 228 g/mol. The van der Waals surface area contributed by atoms with Gasteiger partial charge in [0.1, 0.15) is 5.75 Å². The zero-order valence-corrected chi connectivity index (χ0v) is 11.3. The van der Waals surface area contributed by atoms with Gasteiger partial charge in [0.15, 0.2) is 0 Å². The average Bonchev–Trinajstić information content (AvgIpc) is 2.43. The third-order valence-corrected chi connectivity index (χ3v) is 3.24. The molecule has 0 aliphatic rings. The number of aliphatic hydroxyl groups excluding tert-OH is 1. The van der Waals surface area contributed by atoms with Gasteiger partial charge in [0.25, 0.3) is 0 Å². The zero-order chi connectivity index (χ0) is 13.4. The summed E-state index contributed by atoms with van der Waals surface area (Å²) in [6, 6.07) is 8.08. The second-order valence-corrected chi connectivity index (χ2v) is 4.76. The van der Waals surface area contributed by atoms with E-state index in [-0.39, 0.29) is 12.1 Å². The quantitative estimate of drug-likeness (QED) is 0.644. The van der Waals surface area contributed by atoms with Crippen LogP contribution in [-0.2, 0) is 6.42 Å². The summed E-state index contributed by atoms with van der Waals surface area (Å²) < 4.78 is 5.13. The largest absolute Gasteiger partial charge is 0.497 e. The molecule has 18 heavy (non-hydrogen) atoms. The minimum Gasteiger partial charge on any atom is -0.497 e. The van der Waals surface area contributed by atoms with Crippen LogP contribution >= 0.6 is 0 Å². The minimum atomic E-state index is -0.122. The Morgan fingerprint density at radius 3 is 2.50 bits per heavy atom. The van der Waals surface area contributed by atoms with Gasteiger partial charge in [0.05, 0.1) is 13.7 Å². The number of nitrogens with one attached hydrogen (secondary N) is 1. The summed E-state index contributed by atoms with van der Waals surface area (Å²) in [4.78, 5) is 0. The molecule has 1 aromatic rings. The van der Waals surface area contributed by atoms with Crippen molar-refractivity contribution in [1.82, 2.24) is 5.32 Å². The summed E-state index contributed by atoms with van der Waals surface area (Å²) in [5, 5.41) is 12.1. The SMILES string of the molecule is COc1ccc(CCC(C)(CN)NCCO)cc1. The molecule has 0 fully saturated rings. The topological polar surface area (TPSA) is 67.5 Å². The van der Waals surface area contributed by atoms with E-state index >= 15 is 0 Å². The van der Waals surface area contributed by atoms with Crippen molar-refractivity contribution in [2.75, 3.05) is 26.8 Å². The molecule has 0 amide bonds. The molecule has 1 rings (SSSR count). The maximum absolute atomic E-state index is 8.85. The summed E-state index contributed by atoms with van der Waals surface area (Å²) in [6.07, 6.45) is 1.89. The molecule has 1 atom stereocenters. The van der Waals surface area contributed by atoms with E-state index in [4.69, 9.17) is 15.6 Å². The highest BCUT2D eigenvalue weighted by molar-refractivity contribution is 5.27. The van der Waals surface area contributed by atoms with Crippen LogP contribution in [0.15, 0.2) is 24.3 Å². The molecule has 0 aliphatic carbocycles. The Kier molecular flexibility index (Phi) is 6.12. The Bertz CT molecular complexity index is 340. The van der Waals surface area contributed by atoms with Gasteiger partial charge in [-0.3, -0.25) is 0 Å². The molecular formula is C14H24N2O2. The fourth-order valence-electron chi connectivity index (χ4n) is 1.83. The van der Waals surface area contributed by atoms with Crippen molar-refractivity contribution in [3.8, 4) is 5.75 Å². The van der Waals surface area contributed by atoms with Gasteiger partial charge < -0.3 is 20.9 Å². The molecule has 1 aromatic carbocycles. The van der Waals surface area contributed by atoms with Gasteiger partial charge in [-0.1, -0.05) is 12.1 Å². The standard InChI is InChI=1S/C14H24N2O2/c1-14(11-15,16-9-10-17)8-7-12-3-5-13(18-2)6-4-12/h3-6,16-17H,7-11,15H2,1-2H3. The van der Waals surface area contributed by atoms with Crippen LogP contribution < -0.4 is 15.8 Å². The van der Waals surface area contributed by atoms with Gasteiger partial charge in [0, 0.05) is 18.6 Å². The van der Waals surface area contributed by atoms with Crippen molar-refractivity contribution in [1.29, 1.82) is 0 Å². The van der Waals surface area contributed by atoms with Crippen LogP contribution in [0, 0.1) is 0 Å². The Hall–Kier alpha value is -1.10. The Morgan fingerprint density at radius 2 is 2.00 bits per heavy atom. The van der Waals surface area contributed by atoms with E-state index in [0.717, 1.165) is 18.6 Å². The lowest BCUT2D eigenvalue weighted by Gasteiger charge is -2.29. The maximum Gasteiger partial charge on any atom is 0.118 e. The number of methoxy groups -OCH3 is 1. The smallest absolute Gasteiger partial charge is 0.118 e. The number of rotatable bonds is 8. The van der Waals surface area contributed by atoms with Crippen LogP contribution in [0.2, 0.25) is 0 Å². The van der Waals surface area contributed by atoms with Gasteiger partial charge in [-0.25, -0.2) is 0 Å². The van der Waals surface area contributed by atoms with Crippen molar-refractivity contribution in [3.63, 3.8) is 0 Å². The van der Waals surface area contributed by atoms with Crippen molar-refractivity contribution in [3.05, 3.63) is 29.8 Å². The van der Waals surface area contributed by atoms with Gasteiger partial charge in [-0.2, -0.15) is 0 Å². The zero-order valence-electron chi connectivity index (χ0n) is 11.3. The van der Waals surface area contributed by atoms with E-state index in [0.29, 0.717) is 13.1 Å². The van der Waals surface area contributed by atoms with E-state index in [1.165, 1.54) is 5.56 Å². The second-order valence-electron chi connectivity index (χ2n) is 4.76. The number of benzene rings is 1. The lowest BCUT2D eigenvalue weighted by molar-refractivity contribution is 0.255. The average molecular weight is 252 g/mol. The highest BCUT2D eigenvalue weighted by atomic mass is 16.5. The first-order chi connectivity index (χ1) is 8.63. The van der Waals surface area contributed by atoms with Crippen LogP contribution in [0.5, 0.6) is 5.75 Å².